The molecule has 0 aromatic heterocycles. The third kappa shape index (κ3) is 1.64. The van der Waals surface area contributed by atoms with Crippen molar-refractivity contribution in [2.24, 2.45) is 0 Å². The predicted molar refractivity (Wildman–Crippen MR) is 52.5 cm³/mol. The van der Waals surface area contributed by atoms with Crippen molar-refractivity contribution < 1.29 is 13.9 Å². The summed E-state index contributed by atoms with van der Waals surface area (Å²) in [5, 5.41) is 13.0. The van der Waals surface area contributed by atoms with E-state index in [4.69, 9.17) is 0 Å². The number of β-amino-alcohol motifs (C(OH)–C–C–N with tert-alkyl or cyclic N) is 1. The van der Waals surface area contributed by atoms with Crippen LogP contribution in [-0.4, -0.2) is 18.2 Å². The summed E-state index contributed by atoms with van der Waals surface area (Å²) in [6.45, 7) is 2.33. The van der Waals surface area contributed by atoms with Crippen molar-refractivity contribution in [2.75, 3.05) is 13.1 Å². The van der Waals surface area contributed by atoms with Gasteiger partial charge in [0.1, 0.15) is 17.2 Å². The Kier molecular flexibility index (Phi) is 2.48. The van der Waals surface area contributed by atoms with Gasteiger partial charge in [-0.25, -0.2) is 8.78 Å². The topological polar surface area (TPSA) is 32.3 Å². The normalized spacial score (nSPS) is 25.9. The number of aryl methyl sites for hydroxylation is 1. The number of nitrogens with one attached hydrogen (secondary N) is 1. The molecule has 1 aliphatic heterocycles. The molecule has 15 heavy (non-hydrogen) atoms. The monoisotopic (exact) mass is 213 g/mol. The van der Waals surface area contributed by atoms with E-state index in [1.807, 2.05) is 0 Å². The van der Waals surface area contributed by atoms with E-state index in [9.17, 15) is 13.9 Å². The van der Waals surface area contributed by atoms with Crippen LogP contribution >= 0.6 is 0 Å². The van der Waals surface area contributed by atoms with Gasteiger partial charge in [0.25, 0.3) is 0 Å². The molecular formula is C11H13F2NO. The maximum atomic E-state index is 13.7. The molecule has 0 saturated carbocycles. The van der Waals surface area contributed by atoms with Crippen molar-refractivity contribution in [3.8, 4) is 0 Å². The van der Waals surface area contributed by atoms with Crippen LogP contribution in [0.3, 0.4) is 0 Å². The molecule has 2 rings (SSSR count). The molecule has 82 valence electrons. The first-order chi connectivity index (χ1) is 7.04. The van der Waals surface area contributed by atoms with Crippen LogP contribution in [0, 0.1) is 18.6 Å². The second-order valence-electron chi connectivity index (χ2n) is 4.01. The highest BCUT2D eigenvalue weighted by atomic mass is 19.1. The second-order valence-corrected chi connectivity index (χ2v) is 4.01. The molecule has 1 heterocycles. The van der Waals surface area contributed by atoms with Crippen LogP contribution in [0.25, 0.3) is 0 Å². The highest BCUT2D eigenvalue weighted by molar-refractivity contribution is 5.32. The molecule has 1 atom stereocenters. The molecular weight excluding hydrogens is 200 g/mol. The summed E-state index contributed by atoms with van der Waals surface area (Å²) in [6, 6.07) is 2.57. The lowest BCUT2D eigenvalue weighted by Crippen LogP contribution is -2.31. The fourth-order valence-electron chi connectivity index (χ4n) is 1.98. The van der Waals surface area contributed by atoms with Gasteiger partial charge in [-0.05, 0) is 31.5 Å². The van der Waals surface area contributed by atoms with Crippen molar-refractivity contribution in [1.29, 1.82) is 0 Å². The Balaban J connectivity index is 2.55. The summed E-state index contributed by atoms with van der Waals surface area (Å²) < 4.78 is 27.2. The Bertz CT molecular complexity index is 386. The van der Waals surface area contributed by atoms with Gasteiger partial charge >= 0.3 is 0 Å². The lowest BCUT2D eigenvalue weighted by Gasteiger charge is -2.23. The fraction of sp³-hybridized carbons (Fsp3) is 0.455. The zero-order valence-corrected chi connectivity index (χ0v) is 8.48. The molecule has 4 heteroatoms. The molecule has 2 N–H and O–H groups in total. The molecule has 1 fully saturated rings. The van der Waals surface area contributed by atoms with Crippen LogP contribution in [0.15, 0.2) is 12.1 Å². The summed E-state index contributed by atoms with van der Waals surface area (Å²) in [7, 11) is 0. The number of benzene rings is 1. The van der Waals surface area contributed by atoms with Crippen LogP contribution in [-0.2, 0) is 5.60 Å². The minimum absolute atomic E-state index is 0.199. The van der Waals surface area contributed by atoms with Crippen LogP contribution in [0.1, 0.15) is 17.5 Å². The number of hydrogen-bond acceptors (Lipinski definition) is 2. The van der Waals surface area contributed by atoms with Gasteiger partial charge in [0.2, 0.25) is 0 Å². The fourth-order valence-corrected chi connectivity index (χ4v) is 1.98. The molecule has 2 nitrogen and oxygen atoms in total. The minimum atomic E-state index is -1.40. The standard InChI is InChI=1S/C11H13F2NO/c1-7-2-3-8(12)9(10(7)13)11(15)4-5-14-6-11/h2-3,14-15H,4-6H2,1H3. The molecule has 0 bridgehead atoms. The molecule has 1 aromatic rings. The van der Waals surface area contributed by atoms with E-state index in [0.717, 1.165) is 0 Å². The number of rotatable bonds is 1. The average Bonchev–Trinajstić information content (AvgIpc) is 2.60. The first-order valence-corrected chi connectivity index (χ1v) is 4.93. The van der Waals surface area contributed by atoms with E-state index in [2.05, 4.69) is 5.32 Å². The molecule has 1 unspecified atom stereocenters. The first-order valence-electron chi connectivity index (χ1n) is 4.93. The van der Waals surface area contributed by atoms with Gasteiger partial charge in [0.15, 0.2) is 0 Å². The van der Waals surface area contributed by atoms with E-state index >= 15 is 0 Å². The Morgan fingerprint density at radius 3 is 2.73 bits per heavy atom. The minimum Gasteiger partial charge on any atom is -0.384 e. The Morgan fingerprint density at radius 1 is 1.40 bits per heavy atom. The first kappa shape index (κ1) is 10.5. The number of hydrogen-bond donors (Lipinski definition) is 2. The van der Waals surface area contributed by atoms with Crippen molar-refractivity contribution in [3.63, 3.8) is 0 Å². The third-order valence-corrected chi connectivity index (χ3v) is 2.88. The van der Waals surface area contributed by atoms with Gasteiger partial charge in [-0.2, -0.15) is 0 Å². The van der Waals surface area contributed by atoms with Gasteiger partial charge in [-0.1, -0.05) is 6.07 Å². The zero-order chi connectivity index (χ0) is 11.1. The van der Waals surface area contributed by atoms with Gasteiger partial charge in [-0.15, -0.1) is 0 Å². The highest BCUT2D eigenvalue weighted by Crippen LogP contribution is 2.32. The van der Waals surface area contributed by atoms with Crippen molar-refractivity contribution in [3.05, 3.63) is 34.9 Å². The lowest BCUT2D eigenvalue weighted by atomic mass is 9.90. The maximum Gasteiger partial charge on any atom is 0.135 e. The molecule has 1 saturated heterocycles. The summed E-state index contributed by atoms with van der Waals surface area (Å²) >= 11 is 0. The van der Waals surface area contributed by atoms with Crippen LogP contribution < -0.4 is 5.32 Å². The molecule has 0 aliphatic carbocycles. The van der Waals surface area contributed by atoms with Gasteiger partial charge in [0, 0.05) is 6.54 Å². The third-order valence-electron chi connectivity index (χ3n) is 2.88. The van der Waals surface area contributed by atoms with Crippen LogP contribution in [0.5, 0.6) is 0 Å². The van der Waals surface area contributed by atoms with Crippen LogP contribution in [0.2, 0.25) is 0 Å². The van der Waals surface area contributed by atoms with Gasteiger partial charge in [0.05, 0.1) is 5.56 Å². The largest absolute Gasteiger partial charge is 0.384 e. The number of aliphatic hydroxyl groups is 1. The Labute approximate surface area is 86.9 Å². The molecule has 0 amide bonds. The summed E-state index contributed by atoms with van der Waals surface area (Å²) in [6.07, 6.45) is 0.338. The van der Waals surface area contributed by atoms with E-state index in [-0.39, 0.29) is 12.1 Å². The van der Waals surface area contributed by atoms with E-state index in [1.165, 1.54) is 12.1 Å². The molecule has 1 aliphatic rings. The molecule has 1 aromatic carbocycles. The van der Waals surface area contributed by atoms with Crippen molar-refractivity contribution in [2.45, 2.75) is 18.9 Å². The van der Waals surface area contributed by atoms with Gasteiger partial charge in [-0.3, -0.25) is 0 Å². The van der Waals surface area contributed by atoms with E-state index < -0.39 is 17.2 Å². The van der Waals surface area contributed by atoms with Crippen molar-refractivity contribution >= 4 is 0 Å². The van der Waals surface area contributed by atoms with E-state index in [0.29, 0.717) is 18.5 Å². The Hall–Kier alpha value is -1.00. The zero-order valence-electron chi connectivity index (χ0n) is 8.48. The SMILES string of the molecule is Cc1ccc(F)c(C2(O)CCNC2)c1F. The van der Waals surface area contributed by atoms with Gasteiger partial charge < -0.3 is 10.4 Å². The van der Waals surface area contributed by atoms with Crippen molar-refractivity contribution in [1.82, 2.24) is 5.32 Å². The maximum absolute atomic E-state index is 13.7. The second kappa shape index (κ2) is 3.54. The Morgan fingerprint density at radius 2 is 2.13 bits per heavy atom. The molecule has 0 spiro atoms. The summed E-state index contributed by atoms with van der Waals surface area (Å²) in [5.74, 6) is -1.31. The number of halogens is 2. The lowest BCUT2D eigenvalue weighted by molar-refractivity contribution is 0.0507. The predicted octanol–water partition coefficient (Wildman–Crippen LogP) is 1.45. The highest BCUT2D eigenvalue weighted by Gasteiger charge is 2.38. The van der Waals surface area contributed by atoms with E-state index in [1.54, 1.807) is 6.92 Å². The molecule has 0 radical (unpaired) electrons. The quantitative estimate of drug-likeness (QED) is 0.740. The summed E-state index contributed by atoms with van der Waals surface area (Å²) in [4.78, 5) is 0. The average molecular weight is 213 g/mol. The summed E-state index contributed by atoms with van der Waals surface area (Å²) in [5.41, 5.74) is -1.25. The van der Waals surface area contributed by atoms with Crippen LogP contribution in [0.4, 0.5) is 8.78 Å². The smallest absolute Gasteiger partial charge is 0.135 e.